The number of carbonyl (C=O) groups excluding carboxylic acids is 3. The van der Waals surface area contributed by atoms with E-state index in [1.54, 1.807) is 0 Å². The third-order valence-electron chi connectivity index (χ3n) is 3.37. The van der Waals surface area contributed by atoms with Crippen LogP contribution in [0.2, 0.25) is 0 Å². The fourth-order valence-corrected chi connectivity index (χ4v) is 1.99. The van der Waals surface area contributed by atoms with E-state index >= 15 is 0 Å². The lowest BCUT2D eigenvalue weighted by molar-refractivity contribution is -0.144. The quantitative estimate of drug-likeness (QED) is 0.197. The molecule has 4 atom stereocenters. The van der Waals surface area contributed by atoms with Crippen molar-refractivity contribution >= 4 is 23.7 Å². The highest BCUT2D eigenvalue weighted by Gasteiger charge is 2.26. The molecule has 0 rings (SSSR count). The number of carbonyl (C=O) groups is 4. The molecule has 0 bridgehead atoms. The smallest absolute Gasteiger partial charge is 0.328 e. The summed E-state index contributed by atoms with van der Waals surface area (Å²) in [5, 5.41) is 33.8. The van der Waals surface area contributed by atoms with Gasteiger partial charge < -0.3 is 37.0 Å². The number of nitrogens with one attached hydrogen (secondary N) is 3. The lowest BCUT2D eigenvalue weighted by atomic mass is 10.0. The largest absolute Gasteiger partial charge is 0.480 e. The van der Waals surface area contributed by atoms with Crippen LogP contribution in [0.3, 0.4) is 0 Å². The van der Waals surface area contributed by atoms with Gasteiger partial charge >= 0.3 is 5.97 Å². The number of carboxylic acids is 1. The first-order chi connectivity index (χ1) is 12.0. The van der Waals surface area contributed by atoms with Crippen molar-refractivity contribution in [2.24, 2.45) is 11.7 Å². The van der Waals surface area contributed by atoms with Crippen LogP contribution in [0.25, 0.3) is 0 Å². The molecule has 150 valence electrons. The third kappa shape index (κ3) is 8.74. The van der Waals surface area contributed by atoms with Gasteiger partial charge in [0, 0.05) is 0 Å². The lowest BCUT2D eigenvalue weighted by Crippen LogP contribution is -2.55. The Balaban J connectivity index is 4.56. The molecule has 0 saturated heterocycles. The van der Waals surface area contributed by atoms with Crippen molar-refractivity contribution in [3.63, 3.8) is 0 Å². The Morgan fingerprint density at radius 1 is 1.04 bits per heavy atom. The molecule has 0 aromatic rings. The van der Waals surface area contributed by atoms with Gasteiger partial charge in [-0.25, -0.2) is 4.79 Å². The number of amides is 3. The number of aliphatic hydroxyl groups is 2. The average Bonchev–Trinajstić information content (AvgIpc) is 2.53. The van der Waals surface area contributed by atoms with Gasteiger partial charge in [0.1, 0.15) is 6.04 Å². The van der Waals surface area contributed by atoms with E-state index in [1.165, 1.54) is 6.92 Å². The number of nitrogens with two attached hydrogens (primary N) is 1. The van der Waals surface area contributed by atoms with Crippen LogP contribution in [0.5, 0.6) is 0 Å². The summed E-state index contributed by atoms with van der Waals surface area (Å²) in [6, 6.07) is -3.68. The SMILES string of the molecule is CC(C)C[C@H](N)C(=O)N[C@@H](CO)C(=O)NCC(=O)N[C@H](C(=O)O)[C@@H](C)O. The van der Waals surface area contributed by atoms with E-state index in [2.05, 4.69) is 10.6 Å². The number of carboxylic acid groups (broad SMARTS) is 1. The number of hydrogen-bond acceptors (Lipinski definition) is 7. The minimum absolute atomic E-state index is 0.164. The fourth-order valence-electron chi connectivity index (χ4n) is 1.99. The first kappa shape index (κ1) is 23.8. The number of aliphatic carboxylic acids is 1. The molecule has 26 heavy (non-hydrogen) atoms. The summed E-state index contributed by atoms with van der Waals surface area (Å²) in [6.07, 6.45) is -0.941. The Labute approximate surface area is 151 Å². The van der Waals surface area contributed by atoms with Gasteiger partial charge in [-0.3, -0.25) is 14.4 Å². The summed E-state index contributed by atoms with van der Waals surface area (Å²) in [5.41, 5.74) is 5.69. The molecule has 0 radical (unpaired) electrons. The molecule has 0 aliphatic carbocycles. The van der Waals surface area contributed by atoms with Gasteiger partial charge in [0.15, 0.2) is 6.04 Å². The summed E-state index contributed by atoms with van der Waals surface area (Å²) in [6.45, 7) is 3.63. The van der Waals surface area contributed by atoms with Crippen LogP contribution in [0.15, 0.2) is 0 Å². The van der Waals surface area contributed by atoms with Gasteiger partial charge in [-0.05, 0) is 19.3 Å². The van der Waals surface area contributed by atoms with Crippen molar-refractivity contribution < 1.29 is 34.5 Å². The predicted octanol–water partition coefficient (Wildman–Crippen LogP) is -3.10. The van der Waals surface area contributed by atoms with E-state index in [9.17, 15) is 29.4 Å². The topological polar surface area (TPSA) is 191 Å². The van der Waals surface area contributed by atoms with Crippen LogP contribution in [-0.2, 0) is 19.2 Å². The van der Waals surface area contributed by atoms with Gasteiger partial charge in [-0.15, -0.1) is 0 Å². The van der Waals surface area contributed by atoms with Crippen LogP contribution in [0.4, 0.5) is 0 Å². The monoisotopic (exact) mass is 376 g/mol. The van der Waals surface area contributed by atoms with Gasteiger partial charge in [-0.2, -0.15) is 0 Å². The molecule has 0 fully saturated rings. The van der Waals surface area contributed by atoms with Crippen molar-refractivity contribution in [1.82, 2.24) is 16.0 Å². The molecule has 8 N–H and O–H groups in total. The zero-order valence-corrected chi connectivity index (χ0v) is 15.1. The van der Waals surface area contributed by atoms with Crippen LogP contribution in [0.1, 0.15) is 27.2 Å². The first-order valence-corrected chi connectivity index (χ1v) is 8.14. The molecule has 0 heterocycles. The summed E-state index contributed by atoms with van der Waals surface area (Å²) in [5.74, 6) is -3.57. The van der Waals surface area contributed by atoms with Crippen molar-refractivity contribution in [3.8, 4) is 0 Å². The second-order valence-corrected chi connectivity index (χ2v) is 6.32. The van der Waals surface area contributed by atoms with Gasteiger partial charge in [0.2, 0.25) is 17.7 Å². The van der Waals surface area contributed by atoms with E-state index in [0.29, 0.717) is 6.42 Å². The highest BCUT2D eigenvalue weighted by atomic mass is 16.4. The molecule has 0 saturated carbocycles. The zero-order chi connectivity index (χ0) is 20.4. The lowest BCUT2D eigenvalue weighted by Gasteiger charge is -2.20. The van der Waals surface area contributed by atoms with Crippen LogP contribution < -0.4 is 21.7 Å². The fraction of sp³-hybridized carbons (Fsp3) is 0.733. The normalized spacial score (nSPS) is 15.5. The Kier molecular flexibility index (Phi) is 10.4. The van der Waals surface area contributed by atoms with E-state index in [-0.39, 0.29) is 5.92 Å². The van der Waals surface area contributed by atoms with Gasteiger partial charge in [-0.1, -0.05) is 13.8 Å². The molecule has 0 unspecified atom stereocenters. The molecule has 0 aromatic heterocycles. The zero-order valence-electron chi connectivity index (χ0n) is 15.1. The molecule has 0 aliphatic rings. The second-order valence-electron chi connectivity index (χ2n) is 6.32. The van der Waals surface area contributed by atoms with Crippen LogP contribution >= 0.6 is 0 Å². The standard InChI is InChI=1S/C15H28N4O7/c1-7(2)4-9(16)13(23)18-10(6-20)14(24)17-5-11(22)19-12(8(3)21)15(25)26/h7-10,12,20-21H,4-6,16H2,1-3H3,(H,17,24)(H,18,23)(H,19,22)(H,25,26)/t8-,9+,10+,12+/m1/s1. The molecule has 11 heteroatoms. The van der Waals surface area contributed by atoms with E-state index in [1.807, 2.05) is 19.2 Å². The minimum Gasteiger partial charge on any atom is -0.480 e. The van der Waals surface area contributed by atoms with Gasteiger partial charge in [0.25, 0.3) is 0 Å². The molecule has 0 aliphatic heterocycles. The highest BCUT2D eigenvalue weighted by molar-refractivity contribution is 5.92. The Morgan fingerprint density at radius 2 is 1.62 bits per heavy atom. The average molecular weight is 376 g/mol. The molecule has 0 spiro atoms. The summed E-state index contributed by atoms with van der Waals surface area (Å²) >= 11 is 0. The highest BCUT2D eigenvalue weighted by Crippen LogP contribution is 2.02. The molecular weight excluding hydrogens is 348 g/mol. The van der Waals surface area contributed by atoms with E-state index in [4.69, 9.17) is 10.8 Å². The predicted molar refractivity (Wildman–Crippen MR) is 90.7 cm³/mol. The van der Waals surface area contributed by atoms with Gasteiger partial charge in [0.05, 0.1) is 25.3 Å². The molecule has 0 aromatic carbocycles. The molecule has 11 nitrogen and oxygen atoms in total. The first-order valence-electron chi connectivity index (χ1n) is 8.14. The minimum atomic E-state index is -1.53. The number of aliphatic hydroxyl groups excluding tert-OH is 2. The maximum atomic E-state index is 11.9. The van der Waals surface area contributed by atoms with Crippen molar-refractivity contribution in [2.45, 2.75) is 51.4 Å². The Hall–Kier alpha value is -2.24. The summed E-state index contributed by atoms with van der Waals surface area (Å²) in [7, 11) is 0. The Morgan fingerprint density at radius 3 is 2.04 bits per heavy atom. The number of rotatable bonds is 11. The maximum Gasteiger partial charge on any atom is 0.328 e. The van der Waals surface area contributed by atoms with Crippen molar-refractivity contribution in [3.05, 3.63) is 0 Å². The molecule has 3 amide bonds. The van der Waals surface area contributed by atoms with E-state index < -0.39 is 61.1 Å². The summed E-state index contributed by atoms with van der Waals surface area (Å²) < 4.78 is 0. The van der Waals surface area contributed by atoms with E-state index in [0.717, 1.165) is 0 Å². The Bertz CT molecular complexity index is 510. The summed E-state index contributed by atoms with van der Waals surface area (Å²) in [4.78, 5) is 46.4. The van der Waals surface area contributed by atoms with Crippen LogP contribution in [0, 0.1) is 5.92 Å². The maximum absolute atomic E-state index is 11.9. The number of hydrogen-bond donors (Lipinski definition) is 7. The second kappa shape index (κ2) is 11.4. The van der Waals surface area contributed by atoms with Crippen molar-refractivity contribution in [1.29, 1.82) is 0 Å². The van der Waals surface area contributed by atoms with Crippen molar-refractivity contribution in [2.75, 3.05) is 13.2 Å². The van der Waals surface area contributed by atoms with Crippen LogP contribution in [-0.4, -0.2) is 76.4 Å². The third-order valence-corrected chi connectivity index (χ3v) is 3.37. The molecular formula is C15H28N4O7.